The SMILES string of the molecule is COc1ccc(-c2nc3cc(C)ccn3c2CC(N)C(=O)O)cc1. The molecule has 6 nitrogen and oxygen atoms in total. The van der Waals surface area contributed by atoms with Crippen LogP contribution in [0.15, 0.2) is 42.6 Å². The summed E-state index contributed by atoms with van der Waals surface area (Å²) in [5, 5.41) is 9.16. The molecule has 0 aliphatic heterocycles. The first-order valence-corrected chi connectivity index (χ1v) is 7.60. The van der Waals surface area contributed by atoms with Crippen LogP contribution in [0.5, 0.6) is 5.75 Å². The van der Waals surface area contributed by atoms with Gasteiger partial charge < -0.3 is 20.0 Å². The lowest BCUT2D eigenvalue weighted by atomic mass is 10.1. The highest BCUT2D eigenvalue weighted by atomic mass is 16.5. The molecular formula is C18H19N3O3. The molecule has 2 aromatic heterocycles. The van der Waals surface area contributed by atoms with E-state index in [9.17, 15) is 4.79 Å². The summed E-state index contributed by atoms with van der Waals surface area (Å²) < 4.78 is 7.08. The van der Waals surface area contributed by atoms with Gasteiger partial charge in [-0.1, -0.05) is 0 Å². The van der Waals surface area contributed by atoms with Gasteiger partial charge in [0.25, 0.3) is 0 Å². The molecular weight excluding hydrogens is 306 g/mol. The van der Waals surface area contributed by atoms with E-state index in [-0.39, 0.29) is 6.42 Å². The van der Waals surface area contributed by atoms with Crippen LogP contribution < -0.4 is 10.5 Å². The molecule has 0 aliphatic carbocycles. The van der Waals surface area contributed by atoms with Gasteiger partial charge in [0.05, 0.1) is 18.5 Å². The molecule has 3 rings (SSSR count). The molecule has 0 fully saturated rings. The molecule has 1 unspecified atom stereocenters. The van der Waals surface area contributed by atoms with Crippen LogP contribution in [0.25, 0.3) is 16.9 Å². The van der Waals surface area contributed by atoms with Crippen molar-refractivity contribution in [2.24, 2.45) is 5.73 Å². The number of rotatable bonds is 5. The van der Waals surface area contributed by atoms with Crippen LogP contribution in [0.1, 0.15) is 11.3 Å². The Balaban J connectivity index is 2.15. The fraction of sp³-hybridized carbons (Fsp3) is 0.222. The van der Waals surface area contributed by atoms with Gasteiger partial charge in [0, 0.05) is 18.2 Å². The topological polar surface area (TPSA) is 89.9 Å². The molecule has 0 saturated carbocycles. The van der Waals surface area contributed by atoms with Gasteiger partial charge in [0.2, 0.25) is 0 Å². The predicted molar refractivity (Wildman–Crippen MR) is 91.2 cm³/mol. The average Bonchev–Trinajstić information content (AvgIpc) is 2.92. The van der Waals surface area contributed by atoms with E-state index in [0.717, 1.165) is 33.9 Å². The second kappa shape index (κ2) is 6.33. The highest BCUT2D eigenvalue weighted by Gasteiger charge is 2.20. The van der Waals surface area contributed by atoms with Crippen LogP contribution in [0.3, 0.4) is 0 Å². The fourth-order valence-corrected chi connectivity index (χ4v) is 2.67. The zero-order valence-corrected chi connectivity index (χ0v) is 13.6. The Kier molecular flexibility index (Phi) is 4.22. The molecule has 1 aromatic carbocycles. The first-order chi connectivity index (χ1) is 11.5. The van der Waals surface area contributed by atoms with Crippen LogP contribution in [0.4, 0.5) is 0 Å². The van der Waals surface area contributed by atoms with Crippen molar-refractivity contribution in [3.63, 3.8) is 0 Å². The third kappa shape index (κ3) is 2.96. The summed E-state index contributed by atoms with van der Waals surface area (Å²) >= 11 is 0. The van der Waals surface area contributed by atoms with Gasteiger partial charge >= 0.3 is 5.97 Å². The van der Waals surface area contributed by atoms with E-state index in [4.69, 9.17) is 15.6 Å². The highest BCUT2D eigenvalue weighted by Crippen LogP contribution is 2.27. The van der Waals surface area contributed by atoms with E-state index in [1.807, 2.05) is 53.9 Å². The Morgan fingerprint density at radius 1 is 1.33 bits per heavy atom. The lowest BCUT2D eigenvalue weighted by Crippen LogP contribution is -2.32. The minimum atomic E-state index is -1.03. The third-order valence-electron chi connectivity index (χ3n) is 3.97. The zero-order chi connectivity index (χ0) is 17.3. The first-order valence-electron chi connectivity index (χ1n) is 7.60. The lowest BCUT2D eigenvalue weighted by molar-refractivity contribution is -0.138. The molecule has 1 atom stereocenters. The molecule has 0 bridgehead atoms. The van der Waals surface area contributed by atoms with Gasteiger partial charge in [-0.2, -0.15) is 0 Å². The number of ether oxygens (including phenoxy) is 1. The number of hydrogen-bond donors (Lipinski definition) is 2. The molecule has 0 radical (unpaired) electrons. The summed E-state index contributed by atoms with van der Waals surface area (Å²) in [5.74, 6) is -0.278. The molecule has 2 heterocycles. The van der Waals surface area contributed by atoms with Crippen molar-refractivity contribution in [2.75, 3.05) is 7.11 Å². The Hall–Kier alpha value is -2.86. The van der Waals surface area contributed by atoms with Crippen molar-refractivity contribution < 1.29 is 14.6 Å². The number of aliphatic carboxylic acids is 1. The number of hydrogen-bond acceptors (Lipinski definition) is 4. The average molecular weight is 325 g/mol. The largest absolute Gasteiger partial charge is 0.497 e. The van der Waals surface area contributed by atoms with Crippen LogP contribution in [0.2, 0.25) is 0 Å². The maximum Gasteiger partial charge on any atom is 0.320 e. The summed E-state index contributed by atoms with van der Waals surface area (Å²) in [6, 6.07) is 10.5. The monoisotopic (exact) mass is 325 g/mol. The van der Waals surface area contributed by atoms with Crippen LogP contribution in [-0.4, -0.2) is 33.6 Å². The number of carboxylic acids is 1. The number of aromatic nitrogens is 2. The van der Waals surface area contributed by atoms with Crippen molar-refractivity contribution >= 4 is 11.6 Å². The van der Waals surface area contributed by atoms with E-state index in [1.165, 1.54) is 0 Å². The molecule has 6 heteroatoms. The van der Waals surface area contributed by atoms with Gasteiger partial charge in [-0.25, -0.2) is 4.98 Å². The van der Waals surface area contributed by atoms with Crippen molar-refractivity contribution in [1.82, 2.24) is 9.38 Å². The third-order valence-corrected chi connectivity index (χ3v) is 3.97. The maximum atomic E-state index is 11.2. The van der Waals surface area contributed by atoms with Crippen molar-refractivity contribution in [3.05, 3.63) is 53.9 Å². The van der Waals surface area contributed by atoms with E-state index in [0.29, 0.717) is 0 Å². The Morgan fingerprint density at radius 2 is 2.04 bits per heavy atom. The first kappa shape index (κ1) is 16.0. The standard InChI is InChI=1S/C18H19N3O3/c1-11-7-8-21-15(10-14(19)18(22)23)17(20-16(21)9-11)12-3-5-13(24-2)6-4-12/h3-9,14H,10,19H2,1-2H3,(H,22,23). The van der Waals surface area contributed by atoms with E-state index < -0.39 is 12.0 Å². The van der Waals surface area contributed by atoms with E-state index in [1.54, 1.807) is 7.11 Å². The molecule has 3 N–H and O–H groups in total. The second-order valence-electron chi connectivity index (χ2n) is 5.72. The van der Waals surface area contributed by atoms with Crippen molar-refractivity contribution in [3.8, 4) is 17.0 Å². The van der Waals surface area contributed by atoms with Crippen molar-refractivity contribution in [2.45, 2.75) is 19.4 Å². The smallest absolute Gasteiger partial charge is 0.320 e. The summed E-state index contributed by atoms with van der Waals surface area (Å²) in [4.78, 5) is 15.9. The normalized spacial score (nSPS) is 12.3. The van der Waals surface area contributed by atoms with Crippen molar-refractivity contribution in [1.29, 1.82) is 0 Å². The Morgan fingerprint density at radius 3 is 2.67 bits per heavy atom. The van der Waals surface area contributed by atoms with Gasteiger partial charge in [-0.05, 0) is 48.9 Å². The Labute approximate surface area is 139 Å². The number of carbonyl (C=O) groups is 1. The van der Waals surface area contributed by atoms with Crippen LogP contribution >= 0.6 is 0 Å². The van der Waals surface area contributed by atoms with E-state index in [2.05, 4.69) is 4.98 Å². The molecule has 0 amide bonds. The summed E-state index contributed by atoms with van der Waals surface area (Å²) in [6.07, 6.45) is 2.09. The number of pyridine rings is 1. The predicted octanol–water partition coefficient (Wildman–Crippen LogP) is 2.27. The number of nitrogens with two attached hydrogens (primary N) is 1. The number of benzene rings is 1. The van der Waals surface area contributed by atoms with Gasteiger partial charge in [0.1, 0.15) is 17.4 Å². The number of carboxylic acid groups (broad SMARTS) is 1. The Bertz CT molecular complexity index is 884. The maximum absolute atomic E-state index is 11.2. The summed E-state index contributed by atoms with van der Waals surface area (Å²) in [5.41, 5.74) is 10.0. The number of methoxy groups -OCH3 is 1. The summed E-state index contributed by atoms with van der Waals surface area (Å²) in [6.45, 7) is 1.99. The minimum absolute atomic E-state index is 0.195. The van der Waals surface area contributed by atoms with Crippen LogP contribution in [0, 0.1) is 6.92 Å². The minimum Gasteiger partial charge on any atom is -0.497 e. The highest BCUT2D eigenvalue weighted by molar-refractivity contribution is 5.75. The lowest BCUT2D eigenvalue weighted by Gasteiger charge is -2.09. The molecule has 3 aromatic rings. The fourth-order valence-electron chi connectivity index (χ4n) is 2.67. The molecule has 0 saturated heterocycles. The van der Waals surface area contributed by atoms with Gasteiger partial charge in [-0.3, -0.25) is 4.79 Å². The molecule has 0 aliphatic rings. The number of aryl methyl sites for hydroxylation is 1. The van der Waals surface area contributed by atoms with Crippen LogP contribution in [-0.2, 0) is 11.2 Å². The quantitative estimate of drug-likeness (QED) is 0.751. The number of fused-ring (bicyclic) bond motifs is 1. The zero-order valence-electron chi connectivity index (χ0n) is 13.6. The van der Waals surface area contributed by atoms with E-state index >= 15 is 0 Å². The summed E-state index contributed by atoms with van der Waals surface area (Å²) in [7, 11) is 1.61. The number of nitrogens with zero attached hydrogens (tertiary/aromatic N) is 2. The molecule has 0 spiro atoms. The number of imidazole rings is 1. The van der Waals surface area contributed by atoms with Gasteiger partial charge in [-0.15, -0.1) is 0 Å². The second-order valence-corrected chi connectivity index (χ2v) is 5.72. The van der Waals surface area contributed by atoms with Gasteiger partial charge in [0.15, 0.2) is 0 Å². The molecule has 24 heavy (non-hydrogen) atoms. The molecule has 124 valence electrons.